The van der Waals surface area contributed by atoms with E-state index in [9.17, 15) is 10.2 Å². The van der Waals surface area contributed by atoms with E-state index in [-0.39, 0.29) is 5.75 Å². The number of nitrogens with zero attached hydrogens (tertiary/aromatic N) is 2. The molecule has 0 radical (unpaired) electrons. The number of nitrogens with one attached hydrogen (secondary N) is 1. The third-order valence-corrected chi connectivity index (χ3v) is 4.30. The zero-order valence-corrected chi connectivity index (χ0v) is 14.3. The van der Waals surface area contributed by atoms with Crippen molar-refractivity contribution in [1.82, 2.24) is 5.43 Å². The van der Waals surface area contributed by atoms with E-state index in [1.165, 1.54) is 0 Å². The molecule has 0 aromatic heterocycles. The Labute approximate surface area is 151 Å². The molecular weight excluding hydrogens is 330 g/mol. The summed E-state index contributed by atoms with van der Waals surface area (Å²) in [6.07, 6.45) is -1.04. The van der Waals surface area contributed by atoms with Crippen molar-refractivity contribution in [2.75, 3.05) is 11.5 Å². The lowest BCUT2D eigenvalue weighted by molar-refractivity contribution is 0.159. The van der Waals surface area contributed by atoms with Crippen LogP contribution in [-0.4, -0.2) is 29.0 Å². The lowest BCUT2D eigenvalue weighted by atomic mass is 10.1. The molecule has 0 bridgehead atoms. The highest BCUT2D eigenvalue weighted by atomic mass is 16.5. The summed E-state index contributed by atoms with van der Waals surface area (Å²) in [5.74, 6) is 1.11. The molecule has 1 unspecified atom stereocenters. The fourth-order valence-electron chi connectivity index (χ4n) is 3.15. The average molecular weight is 349 g/mol. The van der Waals surface area contributed by atoms with Crippen LogP contribution in [-0.2, 0) is 0 Å². The van der Waals surface area contributed by atoms with Gasteiger partial charge in [0.1, 0.15) is 11.5 Å². The van der Waals surface area contributed by atoms with Crippen molar-refractivity contribution in [1.29, 1.82) is 0 Å². The molecule has 0 aliphatic carbocycles. The third-order valence-electron chi connectivity index (χ3n) is 4.30. The predicted molar refractivity (Wildman–Crippen MR) is 101 cm³/mol. The molecule has 26 heavy (non-hydrogen) atoms. The van der Waals surface area contributed by atoms with Gasteiger partial charge in [0.2, 0.25) is 6.35 Å². The van der Waals surface area contributed by atoms with E-state index in [2.05, 4.69) is 10.5 Å². The van der Waals surface area contributed by atoms with Crippen LogP contribution in [0.5, 0.6) is 11.5 Å². The predicted octanol–water partition coefficient (Wildman–Crippen LogP) is 2.99. The molecule has 1 aliphatic heterocycles. The summed E-state index contributed by atoms with van der Waals surface area (Å²) in [6, 6.07) is 18.8. The molecule has 3 N–H and O–H groups in total. The van der Waals surface area contributed by atoms with Crippen molar-refractivity contribution in [2.45, 2.75) is 13.3 Å². The van der Waals surface area contributed by atoms with Crippen molar-refractivity contribution in [3.63, 3.8) is 0 Å². The van der Waals surface area contributed by atoms with Crippen molar-refractivity contribution in [3.8, 4) is 11.5 Å². The van der Waals surface area contributed by atoms with Crippen molar-refractivity contribution in [2.24, 2.45) is 5.10 Å². The quantitative estimate of drug-likeness (QED) is 0.675. The summed E-state index contributed by atoms with van der Waals surface area (Å²) < 4.78 is 5.53. The SMILES string of the molecule is CCOc1ccc(O)c(C2=NNC(O)N2c2cccc3ccccc23)c1. The van der Waals surface area contributed by atoms with Gasteiger partial charge in [-0.1, -0.05) is 36.4 Å². The molecule has 0 saturated heterocycles. The maximum atomic E-state index is 10.5. The van der Waals surface area contributed by atoms with E-state index in [4.69, 9.17) is 4.74 Å². The summed E-state index contributed by atoms with van der Waals surface area (Å²) in [5, 5.41) is 27.1. The monoisotopic (exact) mass is 349 g/mol. The Morgan fingerprint density at radius 2 is 1.92 bits per heavy atom. The molecular formula is C20H19N3O3. The number of fused-ring (bicyclic) bond motifs is 1. The molecule has 0 fully saturated rings. The van der Waals surface area contributed by atoms with Gasteiger partial charge in [-0.2, -0.15) is 5.10 Å². The summed E-state index contributed by atoms with van der Waals surface area (Å²) in [7, 11) is 0. The first kappa shape index (κ1) is 16.2. The number of hydrogen-bond donors (Lipinski definition) is 3. The molecule has 1 heterocycles. The molecule has 0 saturated carbocycles. The lowest BCUT2D eigenvalue weighted by Crippen LogP contribution is -2.40. The topological polar surface area (TPSA) is 77.3 Å². The number of amidine groups is 1. The maximum Gasteiger partial charge on any atom is 0.226 e. The minimum absolute atomic E-state index is 0.0633. The smallest absolute Gasteiger partial charge is 0.226 e. The van der Waals surface area contributed by atoms with Gasteiger partial charge in [0.25, 0.3) is 0 Å². The number of aliphatic hydroxyl groups excluding tert-OH is 1. The zero-order chi connectivity index (χ0) is 18.1. The molecule has 3 aromatic carbocycles. The third kappa shape index (κ3) is 2.70. The Kier molecular flexibility index (Phi) is 4.10. The van der Waals surface area contributed by atoms with E-state index < -0.39 is 6.35 Å². The molecule has 6 nitrogen and oxygen atoms in total. The Bertz CT molecular complexity index is 982. The normalized spacial score (nSPS) is 16.5. The molecule has 0 spiro atoms. The van der Waals surface area contributed by atoms with Gasteiger partial charge < -0.3 is 14.9 Å². The second-order valence-electron chi connectivity index (χ2n) is 5.92. The van der Waals surface area contributed by atoms with Crippen LogP contribution in [0.15, 0.2) is 65.8 Å². The first-order valence-corrected chi connectivity index (χ1v) is 8.43. The number of phenolic OH excluding ortho intramolecular Hbond substituents is 1. The zero-order valence-electron chi connectivity index (χ0n) is 14.3. The molecule has 6 heteroatoms. The van der Waals surface area contributed by atoms with Gasteiger partial charge in [0, 0.05) is 5.39 Å². The second-order valence-corrected chi connectivity index (χ2v) is 5.92. The number of aromatic hydroxyl groups is 1. The second kappa shape index (κ2) is 6.57. The molecule has 3 aromatic rings. The van der Waals surface area contributed by atoms with Crippen LogP contribution in [0, 0.1) is 0 Å². The Hall–Kier alpha value is -3.25. The molecule has 1 atom stereocenters. The van der Waals surface area contributed by atoms with Crippen LogP contribution >= 0.6 is 0 Å². The minimum Gasteiger partial charge on any atom is -0.507 e. The van der Waals surface area contributed by atoms with Crippen LogP contribution < -0.4 is 15.1 Å². The van der Waals surface area contributed by atoms with Gasteiger partial charge >= 0.3 is 0 Å². The van der Waals surface area contributed by atoms with Gasteiger partial charge in [-0.15, -0.1) is 0 Å². The summed E-state index contributed by atoms with van der Waals surface area (Å²) >= 11 is 0. The first-order valence-electron chi connectivity index (χ1n) is 8.43. The van der Waals surface area contributed by atoms with Gasteiger partial charge in [-0.3, -0.25) is 10.3 Å². The van der Waals surface area contributed by atoms with Crippen LogP contribution in [0.1, 0.15) is 12.5 Å². The van der Waals surface area contributed by atoms with Gasteiger partial charge in [0.15, 0.2) is 5.84 Å². The van der Waals surface area contributed by atoms with E-state index in [0.29, 0.717) is 23.8 Å². The lowest BCUT2D eigenvalue weighted by Gasteiger charge is -2.25. The largest absolute Gasteiger partial charge is 0.507 e. The standard InChI is InChI=1S/C20H19N3O3/c1-2-26-14-10-11-18(24)16(12-14)19-21-22-20(25)23(19)17-9-5-7-13-6-3-4-8-15(13)17/h3-12,20,22,24-25H,2H2,1H3. The van der Waals surface area contributed by atoms with Crippen LogP contribution in [0.2, 0.25) is 0 Å². The summed E-state index contributed by atoms with van der Waals surface area (Å²) in [5.41, 5.74) is 3.95. The first-order chi connectivity index (χ1) is 12.7. The van der Waals surface area contributed by atoms with E-state index >= 15 is 0 Å². The van der Waals surface area contributed by atoms with Crippen LogP contribution in [0.3, 0.4) is 0 Å². The van der Waals surface area contributed by atoms with E-state index in [0.717, 1.165) is 16.5 Å². The van der Waals surface area contributed by atoms with Crippen molar-refractivity contribution < 1.29 is 14.9 Å². The molecule has 4 rings (SSSR count). The number of aliphatic hydroxyl groups is 1. The summed E-state index contributed by atoms with van der Waals surface area (Å²) in [6.45, 7) is 2.41. The van der Waals surface area contributed by atoms with Crippen molar-refractivity contribution in [3.05, 3.63) is 66.2 Å². The number of ether oxygens (including phenoxy) is 1. The Morgan fingerprint density at radius 3 is 2.77 bits per heavy atom. The van der Waals surface area contributed by atoms with Crippen LogP contribution in [0.4, 0.5) is 5.69 Å². The van der Waals surface area contributed by atoms with E-state index in [1.807, 2.05) is 49.4 Å². The number of benzene rings is 3. The number of phenols is 1. The fourth-order valence-corrected chi connectivity index (χ4v) is 3.15. The molecule has 1 aliphatic rings. The highest BCUT2D eigenvalue weighted by Gasteiger charge is 2.31. The van der Waals surface area contributed by atoms with Gasteiger partial charge in [0.05, 0.1) is 17.9 Å². The summed E-state index contributed by atoms with van der Waals surface area (Å²) in [4.78, 5) is 1.66. The minimum atomic E-state index is -1.04. The number of hydrogen-bond acceptors (Lipinski definition) is 6. The number of hydrazone groups is 1. The highest BCUT2D eigenvalue weighted by molar-refractivity contribution is 6.15. The fraction of sp³-hybridized carbons (Fsp3) is 0.150. The Balaban J connectivity index is 1.84. The Morgan fingerprint density at radius 1 is 1.12 bits per heavy atom. The van der Waals surface area contributed by atoms with E-state index in [1.54, 1.807) is 23.1 Å². The highest BCUT2D eigenvalue weighted by Crippen LogP contribution is 2.33. The number of anilines is 1. The molecule has 0 amide bonds. The van der Waals surface area contributed by atoms with Crippen molar-refractivity contribution >= 4 is 22.3 Å². The number of rotatable bonds is 4. The average Bonchev–Trinajstić information content (AvgIpc) is 3.04. The maximum absolute atomic E-state index is 10.5. The van der Waals surface area contributed by atoms with Gasteiger partial charge in [-0.25, -0.2) is 0 Å². The van der Waals surface area contributed by atoms with Crippen LogP contribution in [0.25, 0.3) is 10.8 Å². The van der Waals surface area contributed by atoms with Gasteiger partial charge in [-0.05, 0) is 36.6 Å². The molecule has 132 valence electrons.